The highest BCUT2D eigenvalue weighted by Gasteiger charge is 2.15. The van der Waals surface area contributed by atoms with Gasteiger partial charge in [0.25, 0.3) is 0 Å². The molecule has 1 aromatic heterocycles. The predicted octanol–water partition coefficient (Wildman–Crippen LogP) is 5.52. The first-order chi connectivity index (χ1) is 15.7. The zero-order valence-corrected chi connectivity index (χ0v) is 20.2. The third-order valence-electron chi connectivity index (χ3n) is 6.64. The number of hydrogen-bond acceptors (Lipinski definition) is 4. The number of anilines is 1. The summed E-state index contributed by atoms with van der Waals surface area (Å²) in [4.78, 5) is 15.9. The average molecular weight is 454 g/mol. The highest BCUT2D eigenvalue weighted by atomic mass is 35.5. The van der Waals surface area contributed by atoms with Gasteiger partial charge in [0.1, 0.15) is 5.82 Å². The van der Waals surface area contributed by atoms with E-state index in [2.05, 4.69) is 57.8 Å². The number of fused-ring (bicyclic) bond motifs is 1. The summed E-state index contributed by atoms with van der Waals surface area (Å²) in [5.74, 6) is 0.892. The van der Waals surface area contributed by atoms with E-state index >= 15 is 0 Å². The molecule has 5 nitrogen and oxygen atoms in total. The van der Waals surface area contributed by atoms with E-state index in [0.717, 1.165) is 66.7 Å². The Morgan fingerprint density at radius 3 is 2.56 bits per heavy atom. The highest BCUT2D eigenvalue weighted by Crippen LogP contribution is 2.26. The molecule has 1 N–H and O–H groups in total. The first kappa shape index (κ1) is 23.1. The summed E-state index contributed by atoms with van der Waals surface area (Å²) < 4.78 is 0. The van der Waals surface area contributed by atoms with Gasteiger partial charge >= 0.3 is 0 Å². The van der Waals surface area contributed by atoms with Gasteiger partial charge in [0.2, 0.25) is 0 Å². The van der Waals surface area contributed by atoms with Crippen LogP contribution >= 0.6 is 11.6 Å². The molecule has 0 unspecified atom stereocenters. The van der Waals surface area contributed by atoms with Crippen molar-refractivity contribution in [3.05, 3.63) is 47.5 Å². The molecule has 1 saturated heterocycles. The molecule has 1 fully saturated rings. The molecule has 172 valence electrons. The summed E-state index contributed by atoms with van der Waals surface area (Å²) in [5, 5.41) is 0.724. The number of halogens is 1. The standard InChI is InChI=1S/C26H36ClN5/c1-3-30(4-2)15-17-32(18-16-31-13-6-5-7-14-31)23-10-8-9-21(19-23)26-28-24-12-11-22(27)20-25(24)29-26/h8-12,19-20H,3-7,13-18H2,1-2H3,(H,28,29). The Hall–Kier alpha value is -2.08. The molecule has 2 aromatic carbocycles. The van der Waals surface area contributed by atoms with Crippen molar-refractivity contribution in [1.29, 1.82) is 0 Å². The minimum atomic E-state index is 0.724. The van der Waals surface area contributed by atoms with Crippen molar-refractivity contribution >= 4 is 28.3 Å². The molecule has 0 aliphatic carbocycles. The number of nitrogens with one attached hydrogen (secondary N) is 1. The van der Waals surface area contributed by atoms with E-state index in [0.29, 0.717) is 0 Å². The molecular formula is C26H36ClN5. The molecular weight excluding hydrogens is 418 g/mol. The molecule has 4 rings (SSSR count). The molecule has 1 aliphatic rings. The van der Waals surface area contributed by atoms with Crippen LogP contribution in [0, 0.1) is 0 Å². The average Bonchev–Trinajstić information content (AvgIpc) is 3.25. The Morgan fingerprint density at radius 2 is 1.78 bits per heavy atom. The third-order valence-corrected chi connectivity index (χ3v) is 6.88. The number of hydrogen-bond donors (Lipinski definition) is 1. The minimum absolute atomic E-state index is 0.724. The van der Waals surface area contributed by atoms with Crippen molar-refractivity contribution in [2.24, 2.45) is 0 Å². The van der Waals surface area contributed by atoms with Crippen LogP contribution in [-0.2, 0) is 0 Å². The van der Waals surface area contributed by atoms with Gasteiger partial charge in [0.05, 0.1) is 11.0 Å². The molecule has 2 heterocycles. The number of nitrogens with zero attached hydrogens (tertiary/aromatic N) is 4. The van der Waals surface area contributed by atoms with Crippen molar-refractivity contribution in [3.8, 4) is 11.4 Å². The van der Waals surface area contributed by atoms with Crippen molar-refractivity contribution in [1.82, 2.24) is 19.8 Å². The molecule has 0 bridgehead atoms. The second-order valence-electron chi connectivity index (χ2n) is 8.71. The van der Waals surface area contributed by atoms with Crippen LogP contribution < -0.4 is 4.90 Å². The van der Waals surface area contributed by atoms with Crippen LogP contribution in [0.2, 0.25) is 5.02 Å². The van der Waals surface area contributed by atoms with Gasteiger partial charge in [-0.15, -0.1) is 0 Å². The minimum Gasteiger partial charge on any atom is -0.369 e. The van der Waals surface area contributed by atoms with E-state index in [-0.39, 0.29) is 0 Å². The number of piperidine rings is 1. The number of aromatic nitrogens is 2. The van der Waals surface area contributed by atoms with Gasteiger partial charge in [-0.3, -0.25) is 0 Å². The maximum Gasteiger partial charge on any atom is 0.138 e. The van der Waals surface area contributed by atoms with E-state index in [1.54, 1.807) is 0 Å². The summed E-state index contributed by atoms with van der Waals surface area (Å²) >= 11 is 6.16. The SMILES string of the molecule is CCN(CC)CCN(CCN1CCCCC1)c1cccc(-c2nc3ccc(Cl)cc3[nH]2)c1. The largest absolute Gasteiger partial charge is 0.369 e. The Bertz CT molecular complexity index is 991. The molecule has 3 aromatic rings. The number of aromatic amines is 1. The van der Waals surface area contributed by atoms with E-state index in [1.165, 1.54) is 38.0 Å². The van der Waals surface area contributed by atoms with Crippen LogP contribution in [-0.4, -0.2) is 72.1 Å². The first-order valence-electron chi connectivity index (χ1n) is 12.1. The van der Waals surface area contributed by atoms with Crippen LogP contribution in [0.4, 0.5) is 5.69 Å². The number of rotatable bonds is 10. The molecule has 0 spiro atoms. The van der Waals surface area contributed by atoms with Crippen molar-refractivity contribution in [3.63, 3.8) is 0 Å². The summed E-state index contributed by atoms with van der Waals surface area (Å²) in [6.07, 6.45) is 4.06. The molecule has 0 amide bonds. The van der Waals surface area contributed by atoms with E-state index < -0.39 is 0 Å². The van der Waals surface area contributed by atoms with Crippen LogP contribution in [0.3, 0.4) is 0 Å². The number of likely N-dealkylation sites (tertiary alicyclic amines) is 1. The lowest BCUT2D eigenvalue weighted by molar-refractivity contribution is 0.231. The lowest BCUT2D eigenvalue weighted by Gasteiger charge is -2.32. The maximum absolute atomic E-state index is 6.16. The fourth-order valence-electron chi connectivity index (χ4n) is 4.59. The monoisotopic (exact) mass is 453 g/mol. The predicted molar refractivity (Wildman–Crippen MR) is 137 cm³/mol. The number of imidazole rings is 1. The molecule has 0 saturated carbocycles. The quantitative estimate of drug-likeness (QED) is 0.438. The van der Waals surface area contributed by atoms with Gasteiger partial charge in [0.15, 0.2) is 0 Å². The fourth-order valence-corrected chi connectivity index (χ4v) is 4.76. The Morgan fingerprint density at radius 1 is 0.969 bits per heavy atom. The maximum atomic E-state index is 6.16. The fraction of sp³-hybridized carbons (Fsp3) is 0.500. The highest BCUT2D eigenvalue weighted by molar-refractivity contribution is 6.31. The van der Waals surface area contributed by atoms with Crippen LogP contribution in [0.25, 0.3) is 22.4 Å². The van der Waals surface area contributed by atoms with E-state index in [1.807, 2.05) is 18.2 Å². The van der Waals surface area contributed by atoms with Gasteiger partial charge in [0, 0.05) is 42.5 Å². The van der Waals surface area contributed by atoms with Crippen LogP contribution in [0.15, 0.2) is 42.5 Å². The Labute approximate surface area is 197 Å². The normalized spacial score (nSPS) is 15.0. The molecule has 1 aliphatic heterocycles. The molecule has 6 heteroatoms. The second-order valence-corrected chi connectivity index (χ2v) is 9.15. The van der Waals surface area contributed by atoms with Gasteiger partial charge in [-0.1, -0.05) is 44.0 Å². The summed E-state index contributed by atoms with van der Waals surface area (Å²) in [7, 11) is 0. The number of H-pyrrole nitrogens is 1. The third kappa shape index (κ3) is 5.83. The lowest BCUT2D eigenvalue weighted by Crippen LogP contribution is -2.41. The van der Waals surface area contributed by atoms with Crippen LogP contribution in [0.5, 0.6) is 0 Å². The van der Waals surface area contributed by atoms with Gasteiger partial charge < -0.3 is 19.7 Å². The van der Waals surface area contributed by atoms with Crippen molar-refractivity contribution in [2.75, 3.05) is 57.3 Å². The molecule has 0 radical (unpaired) electrons. The van der Waals surface area contributed by atoms with Crippen LogP contribution in [0.1, 0.15) is 33.1 Å². The Balaban J connectivity index is 1.54. The molecule has 0 atom stereocenters. The van der Waals surface area contributed by atoms with Gasteiger partial charge in [-0.05, 0) is 69.4 Å². The zero-order chi connectivity index (χ0) is 22.3. The molecule has 32 heavy (non-hydrogen) atoms. The van der Waals surface area contributed by atoms with E-state index in [4.69, 9.17) is 16.6 Å². The number of benzene rings is 2. The van der Waals surface area contributed by atoms with Crippen molar-refractivity contribution in [2.45, 2.75) is 33.1 Å². The van der Waals surface area contributed by atoms with E-state index in [9.17, 15) is 0 Å². The summed E-state index contributed by atoms with van der Waals surface area (Å²) in [5.41, 5.74) is 4.30. The smallest absolute Gasteiger partial charge is 0.138 e. The summed E-state index contributed by atoms with van der Waals surface area (Å²) in [6, 6.07) is 14.6. The number of likely N-dealkylation sites (N-methyl/N-ethyl adjacent to an activating group) is 1. The first-order valence-corrected chi connectivity index (χ1v) is 12.5. The zero-order valence-electron chi connectivity index (χ0n) is 19.5. The summed E-state index contributed by atoms with van der Waals surface area (Å²) in [6.45, 7) is 13.5. The van der Waals surface area contributed by atoms with Gasteiger partial charge in [-0.2, -0.15) is 0 Å². The topological polar surface area (TPSA) is 38.4 Å². The second kappa shape index (κ2) is 11.2. The Kier molecular flexibility index (Phi) is 8.06. The van der Waals surface area contributed by atoms with Gasteiger partial charge in [-0.25, -0.2) is 4.98 Å². The van der Waals surface area contributed by atoms with Crippen molar-refractivity contribution < 1.29 is 0 Å². The lowest BCUT2D eigenvalue weighted by atomic mass is 10.1.